The molecule has 0 aromatic rings. The summed E-state index contributed by atoms with van der Waals surface area (Å²) in [5, 5.41) is 3.59. The van der Waals surface area contributed by atoms with Crippen LogP contribution in [-0.4, -0.2) is 12.1 Å². The Morgan fingerprint density at radius 2 is 2.17 bits per heavy atom. The molecule has 0 amide bonds. The Morgan fingerprint density at radius 3 is 2.92 bits per heavy atom. The van der Waals surface area contributed by atoms with Crippen molar-refractivity contribution in [3.63, 3.8) is 0 Å². The first-order valence-corrected chi connectivity index (χ1v) is 4.91. The lowest BCUT2D eigenvalue weighted by Crippen LogP contribution is -2.41. The van der Waals surface area contributed by atoms with Gasteiger partial charge in [0.15, 0.2) is 0 Å². The number of hydrogen-bond donors (Lipinski definition) is 1. The van der Waals surface area contributed by atoms with Crippen molar-refractivity contribution in [2.75, 3.05) is 6.54 Å². The second-order valence-corrected chi connectivity index (χ2v) is 3.90. The summed E-state index contributed by atoms with van der Waals surface area (Å²) < 4.78 is 0. The Kier molecular flexibility index (Phi) is 3.62. The molecule has 0 aromatic heterocycles. The summed E-state index contributed by atoms with van der Waals surface area (Å²) in [4.78, 5) is 0. The highest BCUT2D eigenvalue weighted by atomic mass is 15.0. The van der Waals surface area contributed by atoms with Crippen molar-refractivity contribution in [2.45, 2.75) is 51.5 Å². The largest absolute Gasteiger partial charge is 0.311 e. The molecule has 0 saturated carbocycles. The Bertz CT molecular complexity index is 177. The maximum Gasteiger partial charge on any atom is 0.0269 e. The Labute approximate surface area is 75.9 Å². The van der Waals surface area contributed by atoms with Gasteiger partial charge in [-0.3, -0.25) is 0 Å². The van der Waals surface area contributed by atoms with Crippen molar-refractivity contribution in [1.82, 2.24) is 5.32 Å². The van der Waals surface area contributed by atoms with Crippen molar-refractivity contribution in [1.29, 1.82) is 0 Å². The zero-order valence-electron chi connectivity index (χ0n) is 8.24. The summed E-state index contributed by atoms with van der Waals surface area (Å²) in [6, 6.07) is 0. The second-order valence-electron chi connectivity index (χ2n) is 3.90. The molecule has 0 aromatic carbocycles. The van der Waals surface area contributed by atoms with E-state index in [2.05, 4.69) is 24.1 Å². The molecule has 1 heteroatoms. The maximum atomic E-state index is 3.59. The summed E-state index contributed by atoms with van der Waals surface area (Å²) in [5.41, 5.74) is 0.291. The average molecular weight is 165 g/mol. The lowest BCUT2D eigenvalue weighted by molar-refractivity contribution is 0.356. The monoisotopic (exact) mass is 165 g/mol. The van der Waals surface area contributed by atoms with Gasteiger partial charge in [-0.15, -0.1) is 11.8 Å². The lowest BCUT2D eigenvalue weighted by atomic mass is 9.92. The minimum absolute atomic E-state index is 0.291. The van der Waals surface area contributed by atoms with E-state index < -0.39 is 0 Å². The SMILES string of the molecule is CC#CCC1(C)CCCCCN1. The quantitative estimate of drug-likeness (QED) is 0.588. The van der Waals surface area contributed by atoms with E-state index in [0.717, 1.165) is 6.42 Å². The normalized spacial score (nSPS) is 30.2. The fourth-order valence-corrected chi connectivity index (χ4v) is 1.73. The van der Waals surface area contributed by atoms with E-state index >= 15 is 0 Å². The molecule has 1 nitrogen and oxygen atoms in total. The van der Waals surface area contributed by atoms with E-state index in [-0.39, 0.29) is 0 Å². The van der Waals surface area contributed by atoms with Crippen LogP contribution in [0.5, 0.6) is 0 Å². The van der Waals surface area contributed by atoms with Crippen LogP contribution in [-0.2, 0) is 0 Å². The van der Waals surface area contributed by atoms with Gasteiger partial charge in [-0.1, -0.05) is 12.8 Å². The summed E-state index contributed by atoms with van der Waals surface area (Å²) in [7, 11) is 0. The Hall–Kier alpha value is -0.480. The van der Waals surface area contributed by atoms with Crippen LogP contribution in [0.3, 0.4) is 0 Å². The molecule has 12 heavy (non-hydrogen) atoms. The van der Waals surface area contributed by atoms with E-state index in [1.54, 1.807) is 0 Å². The molecule has 0 radical (unpaired) electrons. The third-order valence-corrected chi connectivity index (χ3v) is 2.61. The van der Waals surface area contributed by atoms with Gasteiger partial charge in [0.2, 0.25) is 0 Å². The second kappa shape index (κ2) is 4.52. The molecular formula is C11H19N. The first-order valence-electron chi connectivity index (χ1n) is 4.91. The minimum Gasteiger partial charge on any atom is -0.311 e. The van der Waals surface area contributed by atoms with Crippen molar-refractivity contribution < 1.29 is 0 Å². The molecule has 68 valence electrons. The maximum absolute atomic E-state index is 3.59. The summed E-state index contributed by atoms with van der Waals surface area (Å²) >= 11 is 0. The highest BCUT2D eigenvalue weighted by Crippen LogP contribution is 2.21. The zero-order chi connectivity index (χ0) is 8.86. The molecule has 1 rings (SSSR count). The average Bonchev–Trinajstić information content (AvgIpc) is 2.27. The van der Waals surface area contributed by atoms with Crippen LogP contribution in [0.15, 0.2) is 0 Å². The van der Waals surface area contributed by atoms with E-state index in [9.17, 15) is 0 Å². The van der Waals surface area contributed by atoms with Gasteiger partial charge in [0.05, 0.1) is 0 Å². The molecular weight excluding hydrogens is 146 g/mol. The number of nitrogens with one attached hydrogen (secondary N) is 1. The predicted molar refractivity (Wildman–Crippen MR) is 52.9 cm³/mol. The molecule has 0 aliphatic carbocycles. The van der Waals surface area contributed by atoms with Gasteiger partial charge in [0.25, 0.3) is 0 Å². The standard InChI is InChI=1S/C11H19N/c1-3-4-8-11(2)9-6-5-7-10-12-11/h12H,5-10H2,1-2H3. The van der Waals surface area contributed by atoms with Crippen molar-refractivity contribution in [3.05, 3.63) is 0 Å². The molecule has 1 fully saturated rings. The van der Waals surface area contributed by atoms with Crippen molar-refractivity contribution in [2.24, 2.45) is 0 Å². The van der Waals surface area contributed by atoms with Crippen LogP contribution in [0.1, 0.15) is 46.0 Å². The third kappa shape index (κ3) is 2.87. The fourth-order valence-electron chi connectivity index (χ4n) is 1.73. The molecule has 1 saturated heterocycles. The van der Waals surface area contributed by atoms with Gasteiger partial charge in [-0.05, 0) is 33.2 Å². The van der Waals surface area contributed by atoms with Gasteiger partial charge in [0.1, 0.15) is 0 Å². The first-order chi connectivity index (χ1) is 5.77. The third-order valence-electron chi connectivity index (χ3n) is 2.61. The summed E-state index contributed by atoms with van der Waals surface area (Å²) in [6.07, 6.45) is 6.34. The smallest absolute Gasteiger partial charge is 0.0269 e. The molecule has 0 spiro atoms. The van der Waals surface area contributed by atoms with Gasteiger partial charge >= 0.3 is 0 Å². The van der Waals surface area contributed by atoms with E-state index in [0.29, 0.717) is 5.54 Å². The molecule has 1 aliphatic rings. The number of rotatable bonds is 1. The number of hydrogen-bond acceptors (Lipinski definition) is 1. The summed E-state index contributed by atoms with van der Waals surface area (Å²) in [5.74, 6) is 6.14. The van der Waals surface area contributed by atoms with Crippen LogP contribution in [0.2, 0.25) is 0 Å². The van der Waals surface area contributed by atoms with Gasteiger partial charge in [0, 0.05) is 12.0 Å². The van der Waals surface area contributed by atoms with Crippen LogP contribution in [0.25, 0.3) is 0 Å². The minimum atomic E-state index is 0.291. The lowest BCUT2D eigenvalue weighted by Gasteiger charge is -2.26. The Morgan fingerprint density at radius 1 is 1.33 bits per heavy atom. The molecule has 1 heterocycles. The first kappa shape index (κ1) is 9.61. The van der Waals surface area contributed by atoms with Gasteiger partial charge < -0.3 is 5.32 Å². The highest BCUT2D eigenvalue weighted by Gasteiger charge is 2.23. The van der Waals surface area contributed by atoms with Gasteiger partial charge in [-0.25, -0.2) is 0 Å². The molecule has 1 atom stereocenters. The molecule has 1 aliphatic heterocycles. The molecule has 1 N–H and O–H groups in total. The van der Waals surface area contributed by atoms with E-state index in [1.807, 2.05) is 6.92 Å². The predicted octanol–water partition coefficient (Wildman–Crippen LogP) is 2.32. The topological polar surface area (TPSA) is 12.0 Å². The molecule has 1 unspecified atom stereocenters. The van der Waals surface area contributed by atoms with E-state index in [1.165, 1.54) is 32.2 Å². The van der Waals surface area contributed by atoms with E-state index in [4.69, 9.17) is 0 Å². The summed E-state index contributed by atoms with van der Waals surface area (Å²) in [6.45, 7) is 5.38. The van der Waals surface area contributed by atoms with Crippen molar-refractivity contribution >= 4 is 0 Å². The Balaban J connectivity index is 2.46. The van der Waals surface area contributed by atoms with Crippen molar-refractivity contribution in [3.8, 4) is 11.8 Å². The fraction of sp³-hybridized carbons (Fsp3) is 0.818. The van der Waals surface area contributed by atoms with Crippen LogP contribution in [0, 0.1) is 11.8 Å². The molecule has 0 bridgehead atoms. The van der Waals surface area contributed by atoms with Crippen LogP contribution in [0.4, 0.5) is 0 Å². The van der Waals surface area contributed by atoms with Crippen LogP contribution < -0.4 is 5.32 Å². The highest BCUT2D eigenvalue weighted by molar-refractivity contribution is 5.03. The van der Waals surface area contributed by atoms with Gasteiger partial charge in [-0.2, -0.15) is 0 Å². The van der Waals surface area contributed by atoms with Crippen LogP contribution >= 0.6 is 0 Å². The zero-order valence-corrected chi connectivity index (χ0v) is 8.24.